The van der Waals surface area contributed by atoms with Gasteiger partial charge in [-0.25, -0.2) is 8.42 Å². The highest BCUT2D eigenvalue weighted by atomic mass is 79.9. The molecular weight excluding hydrogens is 554 g/mol. The number of aryl methyl sites for hydroxylation is 2. The molecule has 2 aromatic rings. The van der Waals surface area contributed by atoms with Gasteiger partial charge in [0.25, 0.3) is 0 Å². The molecule has 0 radical (unpaired) electrons. The van der Waals surface area contributed by atoms with E-state index in [1.54, 1.807) is 23.1 Å². The van der Waals surface area contributed by atoms with Crippen molar-refractivity contribution in [2.24, 2.45) is 0 Å². The van der Waals surface area contributed by atoms with E-state index in [-0.39, 0.29) is 25.0 Å². The summed E-state index contributed by atoms with van der Waals surface area (Å²) < 4.78 is 27.6. The molecule has 1 aliphatic carbocycles. The van der Waals surface area contributed by atoms with E-state index < -0.39 is 22.0 Å². The van der Waals surface area contributed by atoms with Gasteiger partial charge < -0.3 is 10.2 Å². The molecule has 0 aromatic heterocycles. The fourth-order valence-corrected chi connectivity index (χ4v) is 5.92. The van der Waals surface area contributed by atoms with E-state index in [9.17, 15) is 18.0 Å². The van der Waals surface area contributed by atoms with E-state index in [4.69, 9.17) is 0 Å². The Morgan fingerprint density at radius 1 is 1.05 bits per heavy atom. The number of halogens is 1. The van der Waals surface area contributed by atoms with Crippen LogP contribution in [-0.4, -0.2) is 50.0 Å². The van der Waals surface area contributed by atoms with Crippen LogP contribution in [0.25, 0.3) is 0 Å². The lowest BCUT2D eigenvalue weighted by Crippen LogP contribution is -2.54. The first-order valence-electron chi connectivity index (χ1n) is 12.9. The third-order valence-electron chi connectivity index (χ3n) is 7.05. The Morgan fingerprint density at radius 3 is 2.32 bits per heavy atom. The predicted octanol–water partition coefficient (Wildman–Crippen LogP) is 5.09. The number of hydrogen-bond acceptors (Lipinski definition) is 4. The van der Waals surface area contributed by atoms with Gasteiger partial charge in [-0.2, -0.15) is 0 Å². The Morgan fingerprint density at radius 2 is 1.73 bits per heavy atom. The van der Waals surface area contributed by atoms with Crippen LogP contribution in [0, 0.1) is 13.8 Å². The number of sulfonamides is 1. The molecule has 2 aromatic carbocycles. The van der Waals surface area contributed by atoms with Crippen LogP contribution < -0.4 is 9.62 Å². The Hall–Kier alpha value is -2.39. The van der Waals surface area contributed by atoms with Crippen molar-refractivity contribution in [2.45, 2.75) is 77.9 Å². The van der Waals surface area contributed by atoms with E-state index >= 15 is 0 Å². The van der Waals surface area contributed by atoms with E-state index in [0.29, 0.717) is 12.1 Å². The summed E-state index contributed by atoms with van der Waals surface area (Å²) in [6.07, 6.45) is 6.76. The first-order valence-corrected chi connectivity index (χ1v) is 15.5. The van der Waals surface area contributed by atoms with Gasteiger partial charge in [-0.15, -0.1) is 0 Å². The number of nitrogens with one attached hydrogen (secondary N) is 1. The fraction of sp³-hybridized carbons (Fsp3) is 0.500. The van der Waals surface area contributed by atoms with Gasteiger partial charge >= 0.3 is 0 Å². The van der Waals surface area contributed by atoms with Crippen LogP contribution in [-0.2, 0) is 26.2 Å². The van der Waals surface area contributed by atoms with Gasteiger partial charge in [-0.05, 0) is 68.0 Å². The molecule has 1 fully saturated rings. The summed E-state index contributed by atoms with van der Waals surface area (Å²) in [5.41, 5.74) is 3.19. The standard InChI is InChI=1S/C28H38BrN3O4S/c1-5-26(28(34)30-23-13-7-6-8-14-23)31(18-22-12-10-9-11-20(22)2)27(33)19-32(37(4,35)36)24-15-16-25(29)21(3)17-24/h9-12,15-17,23,26H,5-8,13-14,18-19H2,1-4H3,(H,30,34). The minimum atomic E-state index is -3.76. The number of anilines is 1. The number of benzene rings is 2. The van der Waals surface area contributed by atoms with Gasteiger partial charge in [-0.3, -0.25) is 13.9 Å². The van der Waals surface area contributed by atoms with Crippen LogP contribution in [0.5, 0.6) is 0 Å². The average molecular weight is 593 g/mol. The molecule has 0 spiro atoms. The van der Waals surface area contributed by atoms with Crippen LogP contribution in [0.1, 0.15) is 62.1 Å². The highest BCUT2D eigenvalue weighted by molar-refractivity contribution is 9.10. The van der Waals surface area contributed by atoms with Crippen molar-refractivity contribution in [3.8, 4) is 0 Å². The smallest absolute Gasteiger partial charge is 0.244 e. The zero-order valence-corrected chi connectivity index (χ0v) is 24.6. The van der Waals surface area contributed by atoms with Crippen LogP contribution in [0.2, 0.25) is 0 Å². The summed E-state index contributed by atoms with van der Waals surface area (Å²) in [4.78, 5) is 28.9. The molecule has 1 N–H and O–H groups in total. The van der Waals surface area contributed by atoms with Gasteiger partial charge in [0.2, 0.25) is 21.8 Å². The molecule has 202 valence electrons. The molecule has 0 aliphatic heterocycles. The van der Waals surface area contributed by atoms with Crippen molar-refractivity contribution in [1.29, 1.82) is 0 Å². The van der Waals surface area contributed by atoms with Gasteiger partial charge in [0.15, 0.2) is 0 Å². The number of carbonyl (C=O) groups is 2. The second kappa shape index (κ2) is 12.9. The number of hydrogen-bond donors (Lipinski definition) is 1. The highest BCUT2D eigenvalue weighted by Crippen LogP contribution is 2.26. The van der Waals surface area contributed by atoms with Gasteiger partial charge in [0.1, 0.15) is 12.6 Å². The first kappa shape index (κ1) is 29.2. The monoisotopic (exact) mass is 591 g/mol. The molecule has 0 heterocycles. The van der Waals surface area contributed by atoms with Crippen molar-refractivity contribution in [1.82, 2.24) is 10.2 Å². The van der Waals surface area contributed by atoms with Crippen LogP contribution in [0.4, 0.5) is 5.69 Å². The highest BCUT2D eigenvalue weighted by Gasteiger charge is 2.33. The summed E-state index contributed by atoms with van der Waals surface area (Å²) >= 11 is 3.44. The quantitative estimate of drug-likeness (QED) is 0.417. The maximum atomic E-state index is 13.9. The maximum Gasteiger partial charge on any atom is 0.244 e. The largest absolute Gasteiger partial charge is 0.352 e. The number of rotatable bonds is 10. The Labute approximate surface area is 229 Å². The summed E-state index contributed by atoms with van der Waals surface area (Å²) in [6.45, 7) is 5.55. The van der Waals surface area contributed by atoms with Gasteiger partial charge in [0, 0.05) is 17.1 Å². The molecule has 0 saturated heterocycles. The first-order chi connectivity index (χ1) is 17.5. The normalized spacial score (nSPS) is 15.2. The molecular formula is C28H38BrN3O4S. The van der Waals surface area contributed by atoms with Crippen molar-refractivity contribution >= 4 is 43.5 Å². The summed E-state index contributed by atoms with van der Waals surface area (Å²) in [6, 6.07) is 12.3. The topological polar surface area (TPSA) is 86.8 Å². The Kier molecular flexibility index (Phi) is 10.2. The molecule has 3 rings (SSSR count). The number of carbonyl (C=O) groups excluding carboxylic acids is 2. The minimum Gasteiger partial charge on any atom is -0.352 e. The molecule has 1 saturated carbocycles. The zero-order chi connectivity index (χ0) is 27.2. The lowest BCUT2D eigenvalue weighted by Gasteiger charge is -2.34. The molecule has 0 bridgehead atoms. The molecule has 7 nitrogen and oxygen atoms in total. The van der Waals surface area contributed by atoms with Gasteiger partial charge in [-0.1, -0.05) is 66.4 Å². The summed E-state index contributed by atoms with van der Waals surface area (Å²) in [5, 5.41) is 3.16. The summed E-state index contributed by atoms with van der Waals surface area (Å²) in [7, 11) is -3.76. The van der Waals surface area contributed by atoms with E-state index in [0.717, 1.165) is 57.4 Å². The number of amides is 2. The summed E-state index contributed by atoms with van der Waals surface area (Å²) in [5.74, 6) is -0.596. The lowest BCUT2D eigenvalue weighted by molar-refractivity contribution is -0.140. The predicted molar refractivity (Wildman–Crippen MR) is 152 cm³/mol. The zero-order valence-electron chi connectivity index (χ0n) is 22.2. The van der Waals surface area contributed by atoms with Crippen molar-refractivity contribution < 1.29 is 18.0 Å². The average Bonchev–Trinajstić information content (AvgIpc) is 2.85. The van der Waals surface area contributed by atoms with E-state index in [2.05, 4.69) is 21.2 Å². The van der Waals surface area contributed by atoms with Crippen molar-refractivity contribution in [2.75, 3.05) is 17.1 Å². The molecule has 1 unspecified atom stereocenters. The van der Waals surface area contributed by atoms with Crippen LogP contribution in [0.3, 0.4) is 0 Å². The third kappa shape index (κ3) is 7.80. The maximum absolute atomic E-state index is 13.9. The van der Waals surface area contributed by atoms with E-state index in [1.165, 1.54) is 6.42 Å². The molecule has 37 heavy (non-hydrogen) atoms. The van der Waals surface area contributed by atoms with Crippen molar-refractivity contribution in [3.05, 3.63) is 63.6 Å². The van der Waals surface area contributed by atoms with Crippen LogP contribution >= 0.6 is 15.9 Å². The van der Waals surface area contributed by atoms with Crippen LogP contribution in [0.15, 0.2) is 46.9 Å². The molecule has 9 heteroatoms. The molecule has 1 atom stereocenters. The third-order valence-corrected chi connectivity index (χ3v) is 9.08. The fourth-order valence-electron chi connectivity index (χ4n) is 4.83. The Bertz CT molecular complexity index is 1210. The lowest BCUT2D eigenvalue weighted by atomic mass is 9.95. The SMILES string of the molecule is CCC(C(=O)NC1CCCCC1)N(Cc1ccccc1C)C(=O)CN(c1ccc(Br)c(C)c1)S(C)(=O)=O. The Balaban J connectivity index is 1.93. The minimum absolute atomic E-state index is 0.115. The second-order valence-electron chi connectivity index (χ2n) is 9.92. The molecule has 2 amide bonds. The molecule has 1 aliphatic rings. The second-order valence-corrected chi connectivity index (χ2v) is 12.7. The van der Waals surface area contributed by atoms with Gasteiger partial charge in [0.05, 0.1) is 11.9 Å². The van der Waals surface area contributed by atoms with Crippen molar-refractivity contribution in [3.63, 3.8) is 0 Å². The van der Waals surface area contributed by atoms with E-state index in [1.807, 2.05) is 45.0 Å². The number of nitrogens with zero attached hydrogens (tertiary/aromatic N) is 2.